The summed E-state index contributed by atoms with van der Waals surface area (Å²) in [6.07, 6.45) is 10.7. The molecule has 3 nitrogen and oxygen atoms in total. The van der Waals surface area contributed by atoms with Crippen LogP contribution in [0.5, 0.6) is 11.5 Å². The van der Waals surface area contributed by atoms with Gasteiger partial charge in [-0.05, 0) is 61.1 Å². The van der Waals surface area contributed by atoms with E-state index in [4.69, 9.17) is 14.2 Å². The van der Waals surface area contributed by atoms with Crippen molar-refractivity contribution in [1.29, 1.82) is 0 Å². The lowest BCUT2D eigenvalue weighted by Gasteiger charge is -2.35. The third-order valence-electron chi connectivity index (χ3n) is 7.67. The molecule has 0 aliphatic carbocycles. The number of hydrogen-bond acceptors (Lipinski definition) is 3. The van der Waals surface area contributed by atoms with Gasteiger partial charge in [-0.3, -0.25) is 0 Å². The summed E-state index contributed by atoms with van der Waals surface area (Å²) in [7, 11) is 0. The Kier molecular flexibility index (Phi) is 11.8. The molecular formula is C33H49FO3. The van der Waals surface area contributed by atoms with E-state index in [2.05, 4.69) is 34.6 Å². The van der Waals surface area contributed by atoms with E-state index in [9.17, 15) is 4.39 Å². The molecule has 0 spiro atoms. The third-order valence-corrected chi connectivity index (χ3v) is 7.67. The highest BCUT2D eigenvalue weighted by atomic mass is 19.1. The second-order valence-corrected chi connectivity index (χ2v) is 12.0. The van der Waals surface area contributed by atoms with E-state index in [1.165, 1.54) is 44.6 Å². The van der Waals surface area contributed by atoms with Gasteiger partial charge in [0.25, 0.3) is 0 Å². The third kappa shape index (κ3) is 10.3. The number of ether oxygens (including phenoxy) is 3. The Labute approximate surface area is 225 Å². The Morgan fingerprint density at radius 1 is 0.919 bits per heavy atom. The molecular weight excluding hydrogens is 463 g/mol. The predicted octanol–water partition coefficient (Wildman–Crippen LogP) is 9.16. The van der Waals surface area contributed by atoms with E-state index in [1.807, 2.05) is 30.3 Å². The van der Waals surface area contributed by atoms with E-state index >= 15 is 0 Å². The van der Waals surface area contributed by atoms with Crippen LogP contribution in [0.1, 0.15) is 97.1 Å². The SMILES string of the molecule is CC(C)CCCC(C)CCCC(C)CCOCC1(C)CCc2cc(OCc3ccccc3)c(F)cc2O1. The van der Waals surface area contributed by atoms with Crippen molar-refractivity contribution < 1.29 is 18.6 Å². The molecule has 2 aromatic rings. The summed E-state index contributed by atoms with van der Waals surface area (Å²) >= 11 is 0. The van der Waals surface area contributed by atoms with Crippen LogP contribution in [-0.2, 0) is 17.8 Å². The molecule has 2 aromatic carbocycles. The maximum absolute atomic E-state index is 14.7. The Morgan fingerprint density at radius 3 is 2.30 bits per heavy atom. The summed E-state index contributed by atoms with van der Waals surface area (Å²) in [5.41, 5.74) is 1.58. The van der Waals surface area contributed by atoms with Crippen molar-refractivity contribution in [1.82, 2.24) is 0 Å². The number of halogens is 1. The molecule has 0 radical (unpaired) electrons. The molecule has 0 N–H and O–H groups in total. The van der Waals surface area contributed by atoms with Crippen LogP contribution in [0.4, 0.5) is 4.39 Å². The normalized spacial score (nSPS) is 18.8. The van der Waals surface area contributed by atoms with Crippen LogP contribution in [0.25, 0.3) is 0 Å². The fourth-order valence-electron chi connectivity index (χ4n) is 5.08. The quantitative estimate of drug-likeness (QED) is 0.210. The molecule has 1 aliphatic rings. The average Bonchev–Trinajstić information content (AvgIpc) is 2.86. The molecule has 1 aliphatic heterocycles. The molecule has 0 fully saturated rings. The van der Waals surface area contributed by atoms with Crippen LogP contribution >= 0.6 is 0 Å². The van der Waals surface area contributed by atoms with Gasteiger partial charge in [-0.15, -0.1) is 0 Å². The molecule has 3 atom stereocenters. The molecule has 206 valence electrons. The minimum absolute atomic E-state index is 0.282. The van der Waals surface area contributed by atoms with Crippen molar-refractivity contribution in [3.63, 3.8) is 0 Å². The van der Waals surface area contributed by atoms with E-state index in [-0.39, 0.29) is 11.6 Å². The largest absolute Gasteiger partial charge is 0.486 e. The Balaban J connectivity index is 1.35. The Hall–Kier alpha value is -2.07. The number of benzene rings is 2. The van der Waals surface area contributed by atoms with Crippen molar-refractivity contribution in [3.05, 3.63) is 59.4 Å². The summed E-state index contributed by atoms with van der Waals surface area (Å²) < 4.78 is 32.8. The van der Waals surface area contributed by atoms with E-state index in [0.29, 0.717) is 24.9 Å². The molecule has 0 amide bonds. The first kappa shape index (κ1) is 29.5. The molecule has 37 heavy (non-hydrogen) atoms. The summed E-state index contributed by atoms with van der Waals surface area (Å²) in [4.78, 5) is 0. The maximum atomic E-state index is 14.7. The zero-order chi connectivity index (χ0) is 26.7. The van der Waals surface area contributed by atoms with Gasteiger partial charge in [0.15, 0.2) is 11.6 Å². The topological polar surface area (TPSA) is 27.7 Å². The van der Waals surface area contributed by atoms with Gasteiger partial charge in [0.05, 0.1) is 6.61 Å². The smallest absolute Gasteiger partial charge is 0.168 e. The van der Waals surface area contributed by atoms with Gasteiger partial charge in [0, 0.05) is 12.7 Å². The lowest BCUT2D eigenvalue weighted by atomic mass is 9.92. The van der Waals surface area contributed by atoms with Crippen LogP contribution in [0.15, 0.2) is 42.5 Å². The number of hydrogen-bond donors (Lipinski definition) is 0. The van der Waals surface area contributed by atoms with Crippen LogP contribution in [0.3, 0.4) is 0 Å². The fourth-order valence-corrected chi connectivity index (χ4v) is 5.08. The number of fused-ring (bicyclic) bond motifs is 1. The van der Waals surface area contributed by atoms with Crippen LogP contribution in [-0.4, -0.2) is 18.8 Å². The lowest BCUT2D eigenvalue weighted by molar-refractivity contribution is -0.0306. The van der Waals surface area contributed by atoms with Crippen molar-refractivity contribution in [2.24, 2.45) is 17.8 Å². The number of aryl methyl sites for hydroxylation is 1. The van der Waals surface area contributed by atoms with Gasteiger partial charge in [-0.1, -0.05) is 96.6 Å². The first-order valence-electron chi connectivity index (χ1n) is 14.5. The van der Waals surface area contributed by atoms with Crippen molar-refractivity contribution in [2.75, 3.05) is 13.2 Å². The minimum atomic E-state index is -0.430. The van der Waals surface area contributed by atoms with Gasteiger partial charge in [-0.25, -0.2) is 4.39 Å². The molecule has 3 unspecified atom stereocenters. The van der Waals surface area contributed by atoms with Crippen molar-refractivity contribution in [2.45, 2.75) is 105 Å². The molecule has 3 rings (SSSR count). The lowest BCUT2D eigenvalue weighted by Crippen LogP contribution is -2.41. The standard InChI is InChI=1S/C33H49FO3/c1-25(2)11-9-12-26(3)13-10-14-27(4)18-20-35-24-33(5)19-17-29-21-32(30(34)22-31(29)37-33)36-23-28-15-7-6-8-16-28/h6-8,15-16,21-22,25-27H,9-14,17-20,23-24H2,1-5H3. The van der Waals surface area contributed by atoms with Crippen molar-refractivity contribution in [3.8, 4) is 11.5 Å². The maximum Gasteiger partial charge on any atom is 0.168 e. The monoisotopic (exact) mass is 512 g/mol. The first-order chi connectivity index (χ1) is 17.7. The highest BCUT2D eigenvalue weighted by Crippen LogP contribution is 2.37. The van der Waals surface area contributed by atoms with Gasteiger partial charge in [0.1, 0.15) is 18.0 Å². The molecule has 1 heterocycles. The average molecular weight is 513 g/mol. The van der Waals surface area contributed by atoms with Crippen LogP contribution in [0.2, 0.25) is 0 Å². The van der Waals surface area contributed by atoms with Gasteiger partial charge < -0.3 is 14.2 Å². The minimum Gasteiger partial charge on any atom is -0.486 e. The highest BCUT2D eigenvalue weighted by Gasteiger charge is 2.33. The molecule has 0 bridgehead atoms. The Morgan fingerprint density at radius 2 is 1.59 bits per heavy atom. The van der Waals surface area contributed by atoms with E-state index in [0.717, 1.165) is 48.8 Å². The summed E-state index contributed by atoms with van der Waals surface area (Å²) in [6.45, 7) is 13.1. The van der Waals surface area contributed by atoms with Crippen LogP contribution in [0, 0.1) is 23.6 Å². The summed E-state index contributed by atoms with van der Waals surface area (Å²) in [5, 5.41) is 0. The fraction of sp³-hybridized carbons (Fsp3) is 0.636. The van der Waals surface area contributed by atoms with Crippen LogP contribution < -0.4 is 9.47 Å². The zero-order valence-electron chi connectivity index (χ0n) is 23.9. The molecule has 0 aromatic heterocycles. The zero-order valence-corrected chi connectivity index (χ0v) is 23.9. The van der Waals surface area contributed by atoms with Crippen molar-refractivity contribution >= 4 is 0 Å². The van der Waals surface area contributed by atoms with E-state index < -0.39 is 5.60 Å². The predicted molar refractivity (Wildman–Crippen MR) is 151 cm³/mol. The van der Waals surface area contributed by atoms with Gasteiger partial charge in [-0.2, -0.15) is 0 Å². The second kappa shape index (κ2) is 14.8. The second-order valence-electron chi connectivity index (χ2n) is 12.0. The summed E-state index contributed by atoms with van der Waals surface area (Å²) in [6, 6.07) is 13.1. The molecule has 0 saturated heterocycles. The first-order valence-corrected chi connectivity index (χ1v) is 14.5. The number of rotatable bonds is 16. The van der Waals surface area contributed by atoms with Gasteiger partial charge in [0.2, 0.25) is 0 Å². The Bertz CT molecular complexity index is 929. The summed E-state index contributed by atoms with van der Waals surface area (Å²) in [5.74, 6) is 2.84. The van der Waals surface area contributed by atoms with E-state index in [1.54, 1.807) is 6.07 Å². The molecule has 4 heteroatoms. The molecule has 0 saturated carbocycles. The van der Waals surface area contributed by atoms with Gasteiger partial charge >= 0.3 is 0 Å². The highest BCUT2D eigenvalue weighted by molar-refractivity contribution is 5.43.